The van der Waals surface area contributed by atoms with Gasteiger partial charge in [-0.1, -0.05) is 6.42 Å². The summed E-state index contributed by atoms with van der Waals surface area (Å²) in [7, 11) is 0. The van der Waals surface area contributed by atoms with E-state index in [1.165, 1.54) is 32.1 Å². The van der Waals surface area contributed by atoms with Crippen molar-refractivity contribution in [2.45, 2.75) is 45.1 Å². The first-order chi connectivity index (χ1) is 10.8. The van der Waals surface area contributed by atoms with Crippen LogP contribution in [0.1, 0.15) is 44.1 Å². The molecule has 2 aliphatic carbocycles. The molecule has 0 spiro atoms. The number of anilines is 1. The largest absolute Gasteiger partial charge is 0.357 e. The molecule has 1 N–H and O–H groups in total. The van der Waals surface area contributed by atoms with Gasteiger partial charge in [0.15, 0.2) is 0 Å². The van der Waals surface area contributed by atoms with Gasteiger partial charge in [-0.3, -0.25) is 4.79 Å². The Hall–Kier alpha value is -1.58. The van der Waals surface area contributed by atoms with Crippen LogP contribution in [0.3, 0.4) is 0 Å². The van der Waals surface area contributed by atoms with Crippen molar-refractivity contribution in [2.24, 2.45) is 17.8 Å². The Kier molecular flexibility index (Phi) is 3.77. The standard InChI is InChI=1S/C18H25N3O/c22-18(16-10-13-3-4-15(16)9-13)20-12-14-5-6-19-17(11-14)21-7-1-2-8-21/h5-6,11,13,15-16H,1-4,7-10,12H2,(H,20,22). The van der Waals surface area contributed by atoms with Crippen molar-refractivity contribution in [1.29, 1.82) is 0 Å². The molecule has 118 valence electrons. The van der Waals surface area contributed by atoms with E-state index >= 15 is 0 Å². The molecule has 1 amide bonds. The van der Waals surface area contributed by atoms with Gasteiger partial charge in [-0.15, -0.1) is 0 Å². The second-order valence-electron chi connectivity index (χ2n) is 7.22. The third-order valence-electron chi connectivity index (χ3n) is 5.78. The second-order valence-corrected chi connectivity index (χ2v) is 7.22. The normalized spacial score (nSPS) is 30.0. The Bertz CT molecular complexity index is 553. The first-order valence-corrected chi connectivity index (χ1v) is 8.77. The highest BCUT2D eigenvalue weighted by Gasteiger charge is 2.42. The molecule has 1 aliphatic heterocycles. The molecule has 3 atom stereocenters. The fraction of sp³-hybridized carbons (Fsp3) is 0.667. The monoisotopic (exact) mass is 299 g/mol. The summed E-state index contributed by atoms with van der Waals surface area (Å²) in [6, 6.07) is 4.15. The molecule has 2 saturated carbocycles. The van der Waals surface area contributed by atoms with Gasteiger partial charge in [0.25, 0.3) is 0 Å². The van der Waals surface area contributed by atoms with Gasteiger partial charge in [0.2, 0.25) is 5.91 Å². The van der Waals surface area contributed by atoms with E-state index < -0.39 is 0 Å². The number of fused-ring (bicyclic) bond motifs is 2. The number of pyridine rings is 1. The number of aromatic nitrogens is 1. The minimum atomic E-state index is 0.270. The molecule has 22 heavy (non-hydrogen) atoms. The minimum absolute atomic E-state index is 0.270. The third kappa shape index (κ3) is 2.71. The summed E-state index contributed by atoms with van der Waals surface area (Å²) in [5, 5.41) is 3.16. The lowest BCUT2D eigenvalue weighted by Crippen LogP contribution is -2.33. The maximum Gasteiger partial charge on any atom is 0.223 e. The van der Waals surface area contributed by atoms with Crippen molar-refractivity contribution in [2.75, 3.05) is 18.0 Å². The van der Waals surface area contributed by atoms with Crippen LogP contribution in [0.2, 0.25) is 0 Å². The Morgan fingerprint density at radius 1 is 1.27 bits per heavy atom. The molecular formula is C18H25N3O. The molecule has 2 bridgehead atoms. The van der Waals surface area contributed by atoms with Gasteiger partial charge in [0.1, 0.15) is 5.82 Å². The van der Waals surface area contributed by atoms with Crippen LogP contribution in [0, 0.1) is 17.8 Å². The van der Waals surface area contributed by atoms with Gasteiger partial charge in [-0.2, -0.15) is 0 Å². The fourth-order valence-corrected chi connectivity index (χ4v) is 4.58. The van der Waals surface area contributed by atoms with E-state index in [1.54, 1.807) is 0 Å². The first kappa shape index (κ1) is 14.0. The van der Waals surface area contributed by atoms with E-state index in [4.69, 9.17) is 0 Å². The number of nitrogens with one attached hydrogen (secondary N) is 1. The topological polar surface area (TPSA) is 45.2 Å². The molecule has 0 radical (unpaired) electrons. The first-order valence-electron chi connectivity index (χ1n) is 8.77. The zero-order valence-corrected chi connectivity index (χ0v) is 13.1. The SMILES string of the molecule is O=C(NCc1ccnc(N2CCCC2)c1)C1CC2CCC1C2. The molecule has 4 rings (SSSR count). The van der Waals surface area contributed by atoms with Gasteiger partial charge < -0.3 is 10.2 Å². The molecule has 1 saturated heterocycles. The predicted molar refractivity (Wildman–Crippen MR) is 86.5 cm³/mol. The van der Waals surface area contributed by atoms with E-state index in [9.17, 15) is 4.79 Å². The Labute approximate surface area is 132 Å². The van der Waals surface area contributed by atoms with E-state index in [0.717, 1.165) is 36.8 Å². The van der Waals surface area contributed by atoms with Crippen molar-refractivity contribution >= 4 is 11.7 Å². The number of carbonyl (C=O) groups is 1. The quantitative estimate of drug-likeness (QED) is 0.930. The van der Waals surface area contributed by atoms with Crippen molar-refractivity contribution in [3.8, 4) is 0 Å². The molecule has 4 nitrogen and oxygen atoms in total. The van der Waals surface area contributed by atoms with Crippen LogP contribution in [0.25, 0.3) is 0 Å². The molecule has 3 unspecified atom stereocenters. The predicted octanol–water partition coefficient (Wildman–Crippen LogP) is 2.73. The van der Waals surface area contributed by atoms with Crippen LogP contribution in [0.5, 0.6) is 0 Å². The van der Waals surface area contributed by atoms with Crippen LogP contribution in [0.4, 0.5) is 5.82 Å². The lowest BCUT2D eigenvalue weighted by Gasteiger charge is -2.21. The average Bonchev–Trinajstić information content (AvgIpc) is 3.29. The highest BCUT2D eigenvalue weighted by molar-refractivity contribution is 5.79. The van der Waals surface area contributed by atoms with Gasteiger partial charge in [-0.05, 0) is 61.6 Å². The molecule has 0 aromatic carbocycles. The Balaban J connectivity index is 1.35. The van der Waals surface area contributed by atoms with Crippen LogP contribution in [-0.2, 0) is 11.3 Å². The zero-order valence-electron chi connectivity index (χ0n) is 13.1. The van der Waals surface area contributed by atoms with Crippen molar-refractivity contribution in [3.05, 3.63) is 23.9 Å². The molecule has 1 aromatic heterocycles. The zero-order chi connectivity index (χ0) is 14.9. The van der Waals surface area contributed by atoms with Crippen molar-refractivity contribution in [3.63, 3.8) is 0 Å². The number of rotatable bonds is 4. The summed E-state index contributed by atoms with van der Waals surface area (Å²) in [6.45, 7) is 2.85. The maximum atomic E-state index is 12.4. The number of hydrogen-bond acceptors (Lipinski definition) is 3. The average molecular weight is 299 g/mol. The number of carbonyl (C=O) groups excluding carboxylic acids is 1. The third-order valence-corrected chi connectivity index (χ3v) is 5.78. The number of hydrogen-bond donors (Lipinski definition) is 1. The second kappa shape index (κ2) is 5.90. The van der Waals surface area contributed by atoms with Crippen LogP contribution >= 0.6 is 0 Å². The van der Waals surface area contributed by atoms with Crippen LogP contribution in [0.15, 0.2) is 18.3 Å². The number of nitrogens with zero attached hydrogens (tertiary/aromatic N) is 2. The van der Waals surface area contributed by atoms with E-state index in [2.05, 4.69) is 21.3 Å². The summed E-state index contributed by atoms with van der Waals surface area (Å²) < 4.78 is 0. The molecule has 3 aliphatic rings. The summed E-state index contributed by atoms with van der Waals surface area (Å²) >= 11 is 0. The van der Waals surface area contributed by atoms with Gasteiger partial charge >= 0.3 is 0 Å². The fourth-order valence-electron chi connectivity index (χ4n) is 4.58. The van der Waals surface area contributed by atoms with E-state index in [1.807, 2.05) is 12.3 Å². The summed E-state index contributed by atoms with van der Waals surface area (Å²) in [5.41, 5.74) is 1.16. The Morgan fingerprint density at radius 2 is 2.14 bits per heavy atom. The number of amides is 1. The highest BCUT2D eigenvalue weighted by atomic mass is 16.1. The van der Waals surface area contributed by atoms with E-state index in [-0.39, 0.29) is 11.8 Å². The lowest BCUT2D eigenvalue weighted by atomic mass is 9.88. The molecular weight excluding hydrogens is 274 g/mol. The summed E-state index contributed by atoms with van der Waals surface area (Å²) in [6.07, 6.45) is 9.39. The lowest BCUT2D eigenvalue weighted by molar-refractivity contribution is -0.126. The Morgan fingerprint density at radius 3 is 2.86 bits per heavy atom. The van der Waals surface area contributed by atoms with Crippen molar-refractivity contribution < 1.29 is 4.79 Å². The molecule has 4 heteroatoms. The highest BCUT2D eigenvalue weighted by Crippen LogP contribution is 2.48. The smallest absolute Gasteiger partial charge is 0.223 e. The van der Waals surface area contributed by atoms with Crippen molar-refractivity contribution in [1.82, 2.24) is 10.3 Å². The van der Waals surface area contributed by atoms with Crippen LogP contribution in [-0.4, -0.2) is 24.0 Å². The molecule has 2 heterocycles. The van der Waals surface area contributed by atoms with Crippen LogP contribution < -0.4 is 10.2 Å². The molecule has 3 fully saturated rings. The summed E-state index contributed by atoms with van der Waals surface area (Å²) in [5.74, 6) is 3.08. The van der Waals surface area contributed by atoms with Gasteiger partial charge in [0.05, 0.1) is 0 Å². The van der Waals surface area contributed by atoms with Gasteiger partial charge in [0, 0.05) is 31.7 Å². The minimum Gasteiger partial charge on any atom is -0.357 e. The van der Waals surface area contributed by atoms with Gasteiger partial charge in [-0.25, -0.2) is 4.98 Å². The summed E-state index contributed by atoms with van der Waals surface area (Å²) in [4.78, 5) is 19.2. The maximum absolute atomic E-state index is 12.4. The molecule has 1 aromatic rings. The van der Waals surface area contributed by atoms with E-state index in [0.29, 0.717) is 12.5 Å².